The molecule has 1 aliphatic heterocycles. The van der Waals surface area contributed by atoms with Crippen molar-refractivity contribution in [3.8, 4) is 10.6 Å². The van der Waals surface area contributed by atoms with Gasteiger partial charge in [-0.1, -0.05) is 18.3 Å². The average molecular weight is 408 g/mol. The molecular weight excluding hydrogens is 387 g/mol. The fraction of sp³-hybridized carbons (Fsp3) is 0.444. The molecule has 8 nitrogen and oxygen atoms in total. The third-order valence-electron chi connectivity index (χ3n) is 4.20. The summed E-state index contributed by atoms with van der Waals surface area (Å²) in [7, 11) is 1.60. The maximum Gasteiger partial charge on any atom is 0.414 e. The van der Waals surface area contributed by atoms with Gasteiger partial charge >= 0.3 is 6.09 Å². The second-order valence-corrected chi connectivity index (χ2v) is 7.24. The van der Waals surface area contributed by atoms with Crippen molar-refractivity contribution in [2.75, 3.05) is 31.7 Å². The number of carbonyl (C=O) groups excluding carboxylic acids is 2. The summed E-state index contributed by atoms with van der Waals surface area (Å²) in [6.45, 7) is 2.73. The molecule has 1 atom stereocenters. The van der Waals surface area contributed by atoms with Crippen molar-refractivity contribution in [2.24, 2.45) is 0 Å². The number of halogens is 1. The van der Waals surface area contributed by atoms with Crippen LogP contribution in [0.15, 0.2) is 18.2 Å². The van der Waals surface area contributed by atoms with Crippen LogP contribution in [0, 0.1) is 5.82 Å². The first kappa shape index (κ1) is 20.2. The topological polar surface area (TPSA) is 93.7 Å². The summed E-state index contributed by atoms with van der Waals surface area (Å²) in [5.41, 5.74) is 0.712. The first-order valence-corrected chi connectivity index (χ1v) is 9.69. The van der Waals surface area contributed by atoms with E-state index in [2.05, 4.69) is 15.5 Å². The monoisotopic (exact) mass is 408 g/mol. The largest absolute Gasteiger partial charge is 0.442 e. The van der Waals surface area contributed by atoms with Crippen molar-refractivity contribution in [3.63, 3.8) is 0 Å². The number of nitrogens with one attached hydrogen (secondary N) is 1. The minimum absolute atomic E-state index is 0.119. The van der Waals surface area contributed by atoms with E-state index in [0.717, 1.165) is 5.01 Å². The number of benzene rings is 1. The van der Waals surface area contributed by atoms with Crippen LogP contribution in [0.5, 0.6) is 0 Å². The lowest BCUT2D eigenvalue weighted by molar-refractivity contribution is -0.121. The number of carbonyl (C=O) groups is 2. The van der Waals surface area contributed by atoms with Crippen LogP contribution >= 0.6 is 11.3 Å². The van der Waals surface area contributed by atoms with Gasteiger partial charge in [0.15, 0.2) is 5.01 Å². The van der Waals surface area contributed by atoms with Crippen LogP contribution in [0.25, 0.3) is 10.6 Å². The van der Waals surface area contributed by atoms with Gasteiger partial charge in [0, 0.05) is 25.5 Å². The van der Waals surface area contributed by atoms with Crippen LogP contribution in [-0.4, -0.2) is 55.1 Å². The minimum atomic E-state index is -0.569. The Bertz CT molecular complexity index is 860. The molecule has 0 aliphatic carbocycles. The molecule has 1 N–H and O–H groups in total. The van der Waals surface area contributed by atoms with Crippen molar-refractivity contribution < 1.29 is 23.5 Å². The molecule has 1 aromatic carbocycles. The first-order chi connectivity index (χ1) is 13.5. The predicted octanol–water partition coefficient (Wildman–Crippen LogP) is 2.38. The molecular formula is C18H21FN4O4S. The Morgan fingerprint density at radius 3 is 3.00 bits per heavy atom. The standard InChI is InChI=1S/C18H21FN4O4S/c1-3-15(24)20-9-12-10-23(18(25)27-12)11-4-5-13(14(19)8-11)17-22-21-16(28-17)6-7-26-2/h4-5,8,12H,3,6-7,9-10H2,1-2H3,(H,20,24)/t12-/m0/s1. The summed E-state index contributed by atoms with van der Waals surface area (Å²) >= 11 is 1.30. The molecule has 1 fully saturated rings. The van der Waals surface area contributed by atoms with E-state index < -0.39 is 18.0 Å². The number of nitrogens with zero attached hydrogens (tertiary/aromatic N) is 3. The van der Waals surface area contributed by atoms with Crippen LogP contribution in [0.3, 0.4) is 0 Å². The third kappa shape index (κ3) is 4.63. The zero-order valence-corrected chi connectivity index (χ0v) is 16.4. The van der Waals surface area contributed by atoms with Gasteiger partial charge < -0.3 is 14.8 Å². The lowest BCUT2D eigenvalue weighted by Crippen LogP contribution is -2.34. The van der Waals surface area contributed by atoms with E-state index in [-0.39, 0.29) is 19.0 Å². The molecule has 28 heavy (non-hydrogen) atoms. The van der Waals surface area contributed by atoms with E-state index in [0.29, 0.717) is 35.7 Å². The molecule has 1 aliphatic rings. The Morgan fingerprint density at radius 2 is 2.29 bits per heavy atom. The minimum Gasteiger partial charge on any atom is -0.442 e. The van der Waals surface area contributed by atoms with Gasteiger partial charge in [0.1, 0.15) is 16.9 Å². The lowest BCUT2D eigenvalue weighted by atomic mass is 10.2. The number of ether oxygens (including phenoxy) is 2. The first-order valence-electron chi connectivity index (χ1n) is 8.88. The van der Waals surface area contributed by atoms with Gasteiger partial charge in [0.2, 0.25) is 5.91 Å². The number of amides is 2. The van der Waals surface area contributed by atoms with Crippen LogP contribution in [0.4, 0.5) is 14.9 Å². The number of hydrogen-bond donors (Lipinski definition) is 1. The number of aromatic nitrogens is 2. The maximum atomic E-state index is 14.7. The molecule has 3 rings (SSSR count). The third-order valence-corrected chi connectivity index (χ3v) is 5.22. The number of cyclic esters (lactones) is 1. The van der Waals surface area contributed by atoms with Gasteiger partial charge in [-0.05, 0) is 18.2 Å². The molecule has 0 saturated carbocycles. The van der Waals surface area contributed by atoms with Gasteiger partial charge in [0.05, 0.1) is 25.4 Å². The second-order valence-electron chi connectivity index (χ2n) is 6.18. The van der Waals surface area contributed by atoms with Crippen molar-refractivity contribution in [2.45, 2.75) is 25.9 Å². The van der Waals surface area contributed by atoms with E-state index >= 15 is 0 Å². The maximum absolute atomic E-state index is 14.7. The molecule has 0 bridgehead atoms. The molecule has 2 aromatic rings. The molecule has 0 spiro atoms. The molecule has 1 aromatic heterocycles. The van der Waals surface area contributed by atoms with Crippen LogP contribution in [0.1, 0.15) is 18.4 Å². The summed E-state index contributed by atoms with van der Waals surface area (Å²) < 4.78 is 24.9. The fourth-order valence-corrected chi connectivity index (χ4v) is 3.54. The second kappa shape index (κ2) is 9.07. The summed E-state index contributed by atoms with van der Waals surface area (Å²) in [6.07, 6.45) is -0.0721. The summed E-state index contributed by atoms with van der Waals surface area (Å²) in [4.78, 5) is 24.8. The average Bonchev–Trinajstić information content (AvgIpc) is 3.30. The van der Waals surface area contributed by atoms with E-state index in [1.54, 1.807) is 26.2 Å². The summed E-state index contributed by atoms with van der Waals surface area (Å²) in [5.74, 6) is -0.616. The SMILES string of the molecule is CCC(=O)NC[C@H]1CN(c2ccc(-c3nnc(CCOC)s3)c(F)c2)C(=O)O1. The molecule has 0 unspecified atom stereocenters. The van der Waals surface area contributed by atoms with Gasteiger partial charge in [-0.2, -0.15) is 0 Å². The van der Waals surface area contributed by atoms with Crippen LogP contribution in [0.2, 0.25) is 0 Å². The highest BCUT2D eigenvalue weighted by Gasteiger charge is 2.33. The normalized spacial score (nSPS) is 16.3. The van der Waals surface area contributed by atoms with E-state index in [1.165, 1.54) is 22.3 Å². The summed E-state index contributed by atoms with van der Waals surface area (Å²) in [5, 5.41) is 12.0. The van der Waals surface area contributed by atoms with Crippen molar-refractivity contribution in [1.29, 1.82) is 0 Å². The molecule has 2 amide bonds. The number of methoxy groups -OCH3 is 1. The van der Waals surface area contributed by atoms with E-state index in [1.807, 2.05) is 0 Å². The fourth-order valence-electron chi connectivity index (χ4n) is 2.69. The zero-order valence-electron chi connectivity index (χ0n) is 15.6. The Kier molecular flexibility index (Phi) is 6.53. The number of anilines is 1. The molecule has 2 heterocycles. The van der Waals surface area contributed by atoms with Crippen molar-refractivity contribution in [1.82, 2.24) is 15.5 Å². The molecule has 10 heteroatoms. The molecule has 150 valence electrons. The summed E-state index contributed by atoms with van der Waals surface area (Å²) in [6, 6.07) is 4.49. The van der Waals surface area contributed by atoms with Gasteiger partial charge in [-0.25, -0.2) is 9.18 Å². The van der Waals surface area contributed by atoms with Gasteiger partial charge in [0.25, 0.3) is 0 Å². The van der Waals surface area contributed by atoms with E-state index in [9.17, 15) is 14.0 Å². The highest BCUT2D eigenvalue weighted by molar-refractivity contribution is 7.14. The quantitative estimate of drug-likeness (QED) is 0.721. The Hall–Kier alpha value is -2.59. The smallest absolute Gasteiger partial charge is 0.414 e. The molecule has 1 saturated heterocycles. The lowest BCUT2D eigenvalue weighted by Gasteiger charge is -2.14. The number of hydrogen-bond acceptors (Lipinski definition) is 7. The van der Waals surface area contributed by atoms with Crippen molar-refractivity contribution >= 4 is 29.0 Å². The molecule has 0 radical (unpaired) electrons. The Morgan fingerprint density at radius 1 is 1.46 bits per heavy atom. The number of rotatable bonds is 8. The Balaban J connectivity index is 1.69. The highest BCUT2D eigenvalue weighted by Crippen LogP contribution is 2.30. The van der Waals surface area contributed by atoms with Crippen molar-refractivity contribution in [3.05, 3.63) is 29.0 Å². The van der Waals surface area contributed by atoms with Gasteiger partial charge in [-0.15, -0.1) is 10.2 Å². The highest BCUT2D eigenvalue weighted by atomic mass is 32.1. The van der Waals surface area contributed by atoms with Crippen LogP contribution < -0.4 is 10.2 Å². The zero-order chi connectivity index (χ0) is 20.1. The van der Waals surface area contributed by atoms with Gasteiger partial charge in [-0.3, -0.25) is 9.69 Å². The van der Waals surface area contributed by atoms with Crippen LogP contribution in [-0.2, 0) is 20.7 Å². The predicted molar refractivity (Wildman–Crippen MR) is 102 cm³/mol. The Labute approximate surface area is 165 Å². The van der Waals surface area contributed by atoms with E-state index in [4.69, 9.17) is 9.47 Å².